The molecule has 0 spiro atoms. The lowest BCUT2D eigenvalue weighted by molar-refractivity contribution is 0.0711. The number of benzene rings is 3. The smallest absolute Gasteiger partial charge is 0.274 e. The molecule has 0 bridgehead atoms. The van der Waals surface area contributed by atoms with Gasteiger partial charge in [-0.2, -0.15) is 5.10 Å². The van der Waals surface area contributed by atoms with E-state index in [0.717, 1.165) is 33.8 Å². The van der Waals surface area contributed by atoms with Crippen LogP contribution in [0.1, 0.15) is 53.4 Å². The Morgan fingerprint density at radius 3 is 2.32 bits per heavy atom. The van der Waals surface area contributed by atoms with Crippen molar-refractivity contribution in [2.75, 3.05) is 26.1 Å². The monoisotopic (exact) mass is 455 g/mol. The van der Waals surface area contributed by atoms with Crippen molar-refractivity contribution in [2.24, 2.45) is 5.10 Å². The molecule has 0 aromatic heterocycles. The van der Waals surface area contributed by atoms with Gasteiger partial charge in [-0.05, 0) is 53.6 Å². The van der Waals surface area contributed by atoms with Gasteiger partial charge < -0.3 is 9.64 Å². The minimum Gasteiger partial charge on any atom is -0.496 e. The van der Waals surface area contributed by atoms with E-state index in [1.54, 1.807) is 18.2 Å². The number of ether oxygens (including phenoxy) is 1. The molecule has 1 heterocycles. The van der Waals surface area contributed by atoms with Crippen LogP contribution in [0.5, 0.6) is 5.75 Å². The summed E-state index contributed by atoms with van der Waals surface area (Å²) in [6.07, 6.45) is 2.39. The molecule has 0 saturated carbocycles. The molecular weight excluding hydrogens is 422 g/mol. The molecule has 1 atom stereocenters. The summed E-state index contributed by atoms with van der Waals surface area (Å²) in [6, 6.07) is 23.3. The largest absolute Gasteiger partial charge is 0.496 e. The average Bonchev–Trinajstić information content (AvgIpc) is 3.35. The van der Waals surface area contributed by atoms with E-state index in [1.807, 2.05) is 76.5 Å². The van der Waals surface area contributed by atoms with Gasteiger partial charge in [-0.3, -0.25) is 4.79 Å². The SMILES string of the molecule is C=Cc1cc(C2=NN(C(=O)c3ccccc3)C(c3ccc(N(C)C)cc3)C2)ccc1OC.CC. The maximum absolute atomic E-state index is 13.4. The molecule has 3 aromatic rings. The predicted molar refractivity (Wildman–Crippen MR) is 142 cm³/mol. The lowest BCUT2D eigenvalue weighted by Gasteiger charge is -2.23. The molecule has 5 nitrogen and oxygen atoms in total. The average molecular weight is 456 g/mol. The van der Waals surface area contributed by atoms with E-state index in [0.29, 0.717) is 12.0 Å². The summed E-state index contributed by atoms with van der Waals surface area (Å²) in [5.41, 5.74) is 5.50. The Kier molecular flexibility index (Phi) is 8.25. The van der Waals surface area contributed by atoms with Crippen molar-refractivity contribution in [3.8, 4) is 5.75 Å². The maximum Gasteiger partial charge on any atom is 0.274 e. The molecule has 5 heteroatoms. The van der Waals surface area contributed by atoms with Gasteiger partial charge >= 0.3 is 0 Å². The zero-order valence-electron chi connectivity index (χ0n) is 20.7. The van der Waals surface area contributed by atoms with Crippen LogP contribution < -0.4 is 9.64 Å². The Morgan fingerprint density at radius 2 is 1.74 bits per heavy atom. The quantitative estimate of drug-likeness (QED) is 0.431. The fourth-order valence-electron chi connectivity index (χ4n) is 3.91. The Hall–Kier alpha value is -3.86. The summed E-state index contributed by atoms with van der Waals surface area (Å²) < 4.78 is 5.41. The fourth-order valence-corrected chi connectivity index (χ4v) is 3.91. The molecule has 1 aliphatic heterocycles. The number of hydrazone groups is 1. The van der Waals surface area contributed by atoms with Crippen LogP contribution in [0.4, 0.5) is 5.69 Å². The normalized spacial score (nSPS) is 14.6. The van der Waals surface area contributed by atoms with Crippen molar-refractivity contribution in [3.05, 3.63) is 102 Å². The molecule has 0 radical (unpaired) electrons. The second-order valence-electron chi connectivity index (χ2n) is 7.93. The molecular formula is C29H33N3O2. The Morgan fingerprint density at radius 1 is 1.06 bits per heavy atom. The second-order valence-corrected chi connectivity index (χ2v) is 7.93. The molecule has 4 rings (SSSR count). The van der Waals surface area contributed by atoms with Crippen LogP contribution in [0.2, 0.25) is 0 Å². The minimum absolute atomic E-state index is 0.111. The number of rotatable bonds is 6. The van der Waals surface area contributed by atoms with Crippen molar-refractivity contribution in [3.63, 3.8) is 0 Å². The Balaban J connectivity index is 0.00000158. The van der Waals surface area contributed by atoms with Gasteiger partial charge in [0.1, 0.15) is 5.75 Å². The van der Waals surface area contributed by atoms with Crippen LogP contribution in [0.3, 0.4) is 0 Å². The van der Waals surface area contributed by atoms with Crippen LogP contribution in [0.15, 0.2) is 84.5 Å². The zero-order chi connectivity index (χ0) is 24.7. The molecule has 0 saturated heterocycles. The molecule has 0 aliphatic carbocycles. The predicted octanol–water partition coefficient (Wildman–Crippen LogP) is 6.42. The van der Waals surface area contributed by atoms with Crippen molar-refractivity contribution in [1.29, 1.82) is 0 Å². The highest BCUT2D eigenvalue weighted by molar-refractivity contribution is 6.05. The molecule has 3 aromatic carbocycles. The van der Waals surface area contributed by atoms with Crippen LogP contribution in [0, 0.1) is 0 Å². The number of carbonyl (C=O) groups excluding carboxylic acids is 1. The van der Waals surface area contributed by atoms with Crippen molar-refractivity contribution >= 4 is 23.4 Å². The number of hydrogen-bond acceptors (Lipinski definition) is 4. The first kappa shape index (κ1) is 24.8. The highest BCUT2D eigenvalue weighted by atomic mass is 16.5. The van der Waals surface area contributed by atoms with Gasteiger partial charge in [0.15, 0.2) is 0 Å². The first-order chi connectivity index (χ1) is 16.5. The number of carbonyl (C=O) groups is 1. The molecule has 1 unspecified atom stereocenters. The summed E-state index contributed by atoms with van der Waals surface area (Å²) >= 11 is 0. The van der Waals surface area contributed by atoms with Gasteiger partial charge in [0.05, 0.1) is 18.9 Å². The van der Waals surface area contributed by atoms with Gasteiger partial charge in [0, 0.05) is 37.3 Å². The highest BCUT2D eigenvalue weighted by Crippen LogP contribution is 2.35. The number of hydrogen-bond donors (Lipinski definition) is 0. The molecule has 0 N–H and O–H groups in total. The summed E-state index contributed by atoms with van der Waals surface area (Å²) in [7, 11) is 5.67. The van der Waals surface area contributed by atoms with Crippen LogP contribution in [-0.4, -0.2) is 37.8 Å². The van der Waals surface area contributed by atoms with E-state index < -0.39 is 0 Å². The third-order valence-electron chi connectivity index (χ3n) is 5.72. The molecule has 0 fully saturated rings. The minimum atomic E-state index is -0.178. The van der Waals surface area contributed by atoms with E-state index in [1.165, 1.54) is 0 Å². The van der Waals surface area contributed by atoms with E-state index in [-0.39, 0.29) is 11.9 Å². The molecule has 176 valence electrons. The third-order valence-corrected chi connectivity index (χ3v) is 5.72. The van der Waals surface area contributed by atoms with Gasteiger partial charge in [0.25, 0.3) is 5.91 Å². The fraction of sp³-hybridized carbons (Fsp3) is 0.241. The van der Waals surface area contributed by atoms with E-state index >= 15 is 0 Å². The van der Waals surface area contributed by atoms with Gasteiger partial charge in [-0.25, -0.2) is 5.01 Å². The zero-order valence-corrected chi connectivity index (χ0v) is 20.7. The number of methoxy groups -OCH3 is 1. The topological polar surface area (TPSA) is 45.1 Å². The Bertz CT molecular complexity index is 1150. The highest BCUT2D eigenvalue weighted by Gasteiger charge is 2.33. The molecule has 1 amide bonds. The van der Waals surface area contributed by atoms with Crippen LogP contribution >= 0.6 is 0 Å². The van der Waals surface area contributed by atoms with Gasteiger partial charge in [0.2, 0.25) is 0 Å². The summed E-state index contributed by atoms with van der Waals surface area (Å²) in [6.45, 7) is 7.89. The first-order valence-electron chi connectivity index (χ1n) is 11.6. The lowest BCUT2D eigenvalue weighted by Crippen LogP contribution is -2.27. The maximum atomic E-state index is 13.4. The standard InChI is InChI=1S/C27H27N3O2.C2H6/c1-5-19-17-22(13-16-26(19)32-4)24-18-25(20-11-14-23(15-12-20)29(2)3)30(28-24)27(31)21-9-7-6-8-10-21;1-2/h5-17,25H,1,18H2,2-4H3;1-2H3. The molecule has 34 heavy (non-hydrogen) atoms. The van der Waals surface area contributed by atoms with E-state index in [9.17, 15) is 4.79 Å². The van der Waals surface area contributed by atoms with E-state index in [4.69, 9.17) is 9.84 Å². The second kappa shape index (κ2) is 11.3. The van der Waals surface area contributed by atoms with Crippen LogP contribution in [0.25, 0.3) is 6.08 Å². The van der Waals surface area contributed by atoms with Gasteiger partial charge in [-0.1, -0.05) is 56.8 Å². The summed E-state index contributed by atoms with van der Waals surface area (Å²) in [4.78, 5) is 15.4. The number of anilines is 1. The number of nitrogens with zero attached hydrogens (tertiary/aromatic N) is 3. The van der Waals surface area contributed by atoms with Crippen molar-refractivity contribution in [2.45, 2.75) is 26.3 Å². The van der Waals surface area contributed by atoms with Crippen LogP contribution in [-0.2, 0) is 0 Å². The van der Waals surface area contributed by atoms with Crippen molar-refractivity contribution in [1.82, 2.24) is 5.01 Å². The summed E-state index contributed by atoms with van der Waals surface area (Å²) in [5.74, 6) is 0.648. The van der Waals surface area contributed by atoms with Gasteiger partial charge in [-0.15, -0.1) is 0 Å². The summed E-state index contributed by atoms with van der Waals surface area (Å²) in [5, 5.41) is 6.41. The van der Waals surface area contributed by atoms with E-state index in [2.05, 4.69) is 35.7 Å². The third kappa shape index (κ3) is 5.20. The lowest BCUT2D eigenvalue weighted by atomic mass is 9.96. The number of amides is 1. The van der Waals surface area contributed by atoms with Crippen molar-refractivity contribution < 1.29 is 9.53 Å². The Labute approximate surface area is 203 Å². The first-order valence-corrected chi connectivity index (χ1v) is 11.6. The molecule has 1 aliphatic rings.